The molecule has 0 spiro atoms. The van der Waals surface area contributed by atoms with Gasteiger partial charge in [-0.25, -0.2) is 0 Å². The molecule has 0 saturated heterocycles. The summed E-state index contributed by atoms with van der Waals surface area (Å²) in [7, 11) is 3.22. The predicted octanol–water partition coefficient (Wildman–Crippen LogP) is 5.71. The van der Waals surface area contributed by atoms with Crippen LogP contribution in [0.5, 0.6) is 11.5 Å². The quantitative estimate of drug-likeness (QED) is 0.321. The number of rotatable bonds is 11. The molecule has 1 saturated carbocycles. The molecule has 0 N–H and O–H groups in total. The van der Waals surface area contributed by atoms with Crippen LogP contribution in [-0.4, -0.2) is 55.0 Å². The van der Waals surface area contributed by atoms with E-state index in [4.69, 9.17) is 13.9 Å². The molecule has 7 nitrogen and oxygen atoms in total. The SMILES string of the molecule is COc1ccc(CCN(Cc2ccc(C)o2)C(=O)CN(C(=O)c2cccs2)C2CCCCC2)cc1OC. The minimum atomic E-state index is -0.0787. The largest absolute Gasteiger partial charge is 0.493 e. The summed E-state index contributed by atoms with van der Waals surface area (Å²) in [6.45, 7) is 2.79. The van der Waals surface area contributed by atoms with Crippen LogP contribution < -0.4 is 9.47 Å². The van der Waals surface area contributed by atoms with Gasteiger partial charge in [0.25, 0.3) is 5.91 Å². The molecule has 1 aliphatic carbocycles. The average Bonchev–Trinajstić information content (AvgIpc) is 3.61. The van der Waals surface area contributed by atoms with E-state index in [9.17, 15) is 9.59 Å². The molecular weight excluding hydrogens is 488 g/mol. The Bertz CT molecular complexity index is 1170. The minimum Gasteiger partial charge on any atom is -0.493 e. The second-order valence-electron chi connectivity index (χ2n) is 9.47. The van der Waals surface area contributed by atoms with Crippen molar-refractivity contribution in [3.8, 4) is 11.5 Å². The molecule has 1 aliphatic rings. The first-order valence-corrected chi connectivity index (χ1v) is 13.7. The van der Waals surface area contributed by atoms with Gasteiger partial charge in [0, 0.05) is 12.6 Å². The zero-order valence-corrected chi connectivity index (χ0v) is 22.7. The second kappa shape index (κ2) is 12.8. The molecule has 1 aromatic carbocycles. The average molecular weight is 525 g/mol. The summed E-state index contributed by atoms with van der Waals surface area (Å²) >= 11 is 1.42. The topological polar surface area (TPSA) is 72.2 Å². The first-order valence-electron chi connectivity index (χ1n) is 12.9. The van der Waals surface area contributed by atoms with E-state index >= 15 is 0 Å². The zero-order chi connectivity index (χ0) is 26.2. The Kier molecular flexibility index (Phi) is 9.28. The first-order chi connectivity index (χ1) is 18.0. The first kappa shape index (κ1) is 26.8. The zero-order valence-electron chi connectivity index (χ0n) is 21.9. The van der Waals surface area contributed by atoms with Crippen molar-refractivity contribution in [3.05, 3.63) is 69.8 Å². The molecule has 198 valence electrons. The normalized spacial score (nSPS) is 13.8. The van der Waals surface area contributed by atoms with Gasteiger partial charge >= 0.3 is 0 Å². The number of thiophene rings is 1. The highest BCUT2D eigenvalue weighted by Crippen LogP contribution is 2.28. The van der Waals surface area contributed by atoms with Crippen LogP contribution in [0.25, 0.3) is 0 Å². The highest BCUT2D eigenvalue weighted by atomic mass is 32.1. The van der Waals surface area contributed by atoms with Gasteiger partial charge in [0.15, 0.2) is 11.5 Å². The number of ether oxygens (including phenoxy) is 2. The molecule has 0 bridgehead atoms. The molecule has 0 atom stereocenters. The van der Waals surface area contributed by atoms with Gasteiger partial charge < -0.3 is 23.7 Å². The van der Waals surface area contributed by atoms with Crippen LogP contribution in [0.2, 0.25) is 0 Å². The third-order valence-corrected chi connectivity index (χ3v) is 7.79. The molecule has 8 heteroatoms. The van der Waals surface area contributed by atoms with Crippen LogP contribution in [0.15, 0.2) is 52.3 Å². The summed E-state index contributed by atoms with van der Waals surface area (Å²) in [4.78, 5) is 31.5. The van der Waals surface area contributed by atoms with Gasteiger partial charge in [-0.15, -0.1) is 11.3 Å². The number of amides is 2. The van der Waals surface area contributed by atoms with Crippen molar-refractivity contribution in [2.24, 2.45) is 0 Å². The molecule has 2 amide bonds. The fourth-order valence-corrected chi connectivity index (χ4v) is 5.58. The molecule has 2 aromatic heterocycles. The smallest absolute Gasteiger partial charge is 0.264 e. The van der Waals surface area contributed by atoms with Gasteiger partial charge in [-0.2, -0.15) is 0 Å². The Balaban J connectivity index is 1.53. The molecule has 0 radical (unpaired) electrons. The lowest BCUT2D eigenvalue weighted by Crippen LogP contribution is -2.48. The molecule has 37 heavy (non-hydrogen) atoms. The minimum absolute atomic E-state index is 0.0519. The van der Waals surface area contributed by atoms with E-state index in [0.29, 0.717) is 35.9 Å². The fraction of sp³-hybridized carbons (Fsp3) is 0.448. The number of benzene rings is 1. The van der Waals surface area contributed by atoms with Crippen molar-refractivity contribution in [3.63, 3.8) is 0 Å². The Morgan fingerprint density at radius 1 is 1.03 bits per heavy atom. The number of carbonyl (C=O) groups is 2. The van der Waals surface area contributed by atoms with Gasteiger partial charge in [0.1, 0.15) is 18.1 Å². The third kappa shape index (κ3) is 6.95. The van der Waals surface area contributed by atoms with Crippen molar-refractivity contribution < 1.29 is 23.5 Å². The van der Waals surface area contributed by atoms with E-state index in [0.717, 1.165) is 42.8 Å². The maximum Gasteiger partial charge on any atom is 0.264 e. The number of hydrogen-bond donors (Lipinski definition) is 0. The Labute approximate surface area is 223 Å². The monoisotopic (exact) mass is 524 g/mol. The molecular formula is C29H36N2O5S. The van der Waals surface area contributed by atoms with E-state index in [1.165, 1.54) is 17.8 Å². The predicted molar refractivity (Wildman–Crippen MR) is 144 cm³/mol. The molecule has 0 unspecified atom stereocenters. The van der Waals surface area contributed by atoms with Crippen LogP contribution in [0.3, 0.4) is 0 Å². The van der Waals surface area contributed by atoms with Crippen LogP contribution >= 0.6 is 11.3 Å². The van der Waals surface area contributed by atoms with Crippen molar-refractivity contribution in [1.82, 2.24) is 9.80 Å². The van der Waals surface area contributed by atoms with E-state index in [1.54, 1.807) is 19.1 Å². The lowest BCUT2D eigenvalue weighted by atomic mass is 9.94. The number of aryl methyl sites for hydroxylation is 1. The van der Waals surface area contributed by atoms with Crippen molar-refractivity contribution in [2.45, 2.75) is 58.0 Å². The molecule has 0 aliphatic heterocycles. The highest BCUT2D eigenvalue weighted by Gasteiger charge is 2.30. The van der Waals surface area contributed by atoms with Crippen LogP contribution in [0, 0.1) is 6.92 Å². The fourth-order valence-electron chi connectivity index (χ4n) is 4.90. The molecule has 4 rings (SSSR count). The lowest BCUT2D eigenvalue weighted by molar-refractivity contribution is -0.133. The maximum absolute atomic E-state index is 13.8. The summed E-state index contributed by atoms with van der Waals surface area (Å²) in [6.07, 6.45) is 5.86. The lowest BCUT2D eigenvalue weighted by Gasteiger charge is -2.35. The summed E-state index contributed by atoms with van der Waals surface area (Å²) in [6, 6.07) is 13.4. The Morgan fingerprint density at radius 3 is 2.46 bits per heavy atom. The summed E-state index contributed by atoms with van der Waals surface area (Å²) in [5.74, 6) is 2.73. The van der Waals surface area contributed by atoms with Gasteiger partial charge in [-0.1, -0.05) is 31.4 Å². The summed E-state index contributed by atoms with van der Waals surface area (Å²) < 4.78 is 16.6. The van der Waals surface area contributed by atoms with Crippen molar-refractivity contribution >= 4 is 23.2 Å². The third-order valence-electron chi connectivity index (χ3n) is 6.93. The maximum atomic E-state index is 13.8. The van der Waals surface area contributed by atoms with E-state index in [2.05, 4.69) is 0 Å². The number of hydrogen-bond acceptors (Lipinski definition) is 6. The highest BCUT2D eigenvalue weighted by molar-refractivity contribution is 7.12. The van der Waals surface area contributed by atoms with Crippen molar-refractivity contribution in [2.75, 3.05) is 27.3 Å². The van der Waals surface area contributed by atoms with E-state index < -0.39 is 0 Å². The second-order valence-corrected chi connectivity index (χ2v) is 10.4. The molecule has 3 aromatic rings. The van der Waals surface area contributed by atoms with Gasteiger partial charge in [0.05, 0.1) is 25.6 Å². The standard InChI is InChI=1S/C29H36N2O5S/c1-21-11-13-24(36-21)19-30(16-15-22-12-14-25(34-2)26(18-22)35-3)28(32)20-31(23-8-5-4-6-9-23)29(33)27-10-7-17-37-27/h7,10-14,17-18,23H,4-6,8-9,15-16,19-20H2,1-3H3. The van der Waals surface area contributed by atoms with Crippen molar-refractivity contribution in [1.29, 1.82) is 0 Å². The summed E-state index contributed by atoms with van der Waals surface area (Å²) in [5, 5.41) is 1.91. The number of methoxy groups -OCH3 is 2. The van der Waals surface area contributed by atoms with Gasteiger partial charge in [-0.05, 0) is 67.5 Å². The van der Waals surface area contributed by atoms with E-state index in [-0.39, 0.29) is 24.4 Å². The molecule has 2 heterocycles. The number of furan rings is 1. The molecule has 1 fully saturated rings. The Hall–Kier alpha value is -3.26. The number of nitrogens with zero attached hydrogens (tertiary/aromatic N) is 2. The number of carbonyl (C=O) groups excluding carboxylic acids is 2. The van der Waals surface area contributed by atoms with E-state index in [1.807, 2.05) is 59.7 Å². The Morgan fingerprint density at radius 2 is 1.81 bits per heavy atom. The van der Waals surface area contributed by atoms with Gasteiger partial charge in [0.2, 0.25) is 5.91 Å². The van der Waals surface area contributed by atoms with Crippen LogP contribution in [-0.2, 0) is 17.8 Å². The van der Waals surface area contributed by atoms with Crippen LogP contribution in [0.4, 0.5) is 0 Å². The van der Waals surface area contributed by atoms with Crippen LogP contribution in [0.1, 0.15) is 58.9 Å². The summed E-state index contributed by atoms with van der Waals surface area (Å²) in [5.41, 5.74) is 1.03. The van der Waals surface area contributed by atoms with Gasteiger partial charge in [-0.3, -0.25) is 9.59 Å².